The molecule has 0 N–H and O–H groups in total. The molecular formula is C38H24S. The second kappa shape index (κ2) is 8.94. The van der Waals surface area contributed by atoms with Gasteiger partial charge in [-0.25, -0.2) is 0 Å². The number of thiophene rings is 1. The van der Waals surface area contributed by atoms with Crippen LogP contribution in [0.2, 0.25) is 0 Å². The van der Waals surface area contributed by atoms with Crippen molar-refractivity contribution >= 4 is 53.7 Å². The van der Waals surface area contributed by atoms with Crippen molar-refractivity contribution in [3.8, 4) is 32.7 Å². The van der Waals surface area contributed by atoms with Crippen molar-refractivity contribution in [3.05, 3.63) is 146 Å². The maximum Gasteiger partial charge on any atom is 0.0427 e. The van der Waals surface area contributed by atoms with Crippen LogP contribution < -0.4 is 0 Å². The van der Waals surface area contributed by atoms with E-state index in [1.165, 1.54) is 75.1 Å². The first-order chi connectivity index (χ1) is 19.3. The number of rotatable bonds is 3. The van der Waals surface area contributed by atoms with Gasteiger partial charge in [-0.1, -0.05) is 121 Å². The number of fused-ring (bicyclic) bond motifs is 6. The molecule has 8 rings (SSSR count). The monoisotopic (exact) mass is 512 g/mol. The lowest BCUT2D eigenvalue weighted by Gasteiger charge is -2.13. The van der Waals surface area contributed by atoms with Gasteiger partial charge in [0.1, 0.15) is 0 Å². The molecule has 0 fully saturated rings. The third-order valence-corrected chi connectivity index (χ3v) is 9.07. The number of hydrogen-bond donors (Lipinski definition) is 0. The first-order valence-corrected chi connectivity index (χ1v) is 14.2. The molecule has 1 heteroatoms. The van der Waals surface area contributed by atoms with Gasteiger partial charge in [-0.15, -0.1) is 11.3 Å². The van der Waals surface area contributed by atoms with E-state index in [0.717, 1.165) is 0 Å². The first-order valence-electron chi connectivity index (χ1n) is 13.3. The summed E-state index contributed by atoms with van der Waals surface area (Å²) >= 11 is 1.89. The second-order valence-electron chi connectivity index (χ2n) is 10.2. The van der Waals surface area contributed by atoms with E-state index < -0.39 is 0 Å². The Labute approximate surface area is 231 Å². The fourth-order valence-electron chi connectivity index (χ4n) is 5.90. The summed E-state index contributed by atoms with van der Waals surface area (Å²) in [6.45, 7) is 0. The largest absolute Gasteiger partial charge is 0.135 e. The van der Waals surface area contributed by atoms with Gasteiger partial charge >= 0.3 is 0 Å². The van der Waals surface area contributed by atoms with E-state index in [4.69, 9.17) is 0 Å². The van der Waals surface area contributed by atoms with Crippen LogP contribution >= 0.6 is 11.3 Å². The first kappa shape index (κ1) is 22.3. The Morgan fingerprint density at radius 2 is 1.03 bits per heavy atom. The normalized spacial score (nSPS) is 11.6. The molecule has 0 aliphatic rings. The third kappa shape index (κ3) is 3.74. The lowest BCUT2D eigenvalue weighted by molar-refractivity contribution is 1.63. The van der Waals surface area contributed by atoms with Gasteiger partial charge in [0.2, 0.25) is 0 Å². The molecule has 0 radical (unpaired) electrons. The Kier molecular flexibility index (Phi) is 5.11. The van der Waals surface area contributed by atoms with E-state index in [1.807, 2.05) is 11.3 Å². The van der Waals surface area contributed by atoms with Crippen molar-refractivity contribution in [2.45, 2.75) is 0 Å². The standard InChI is InChI=1S/C38H24S/c1-2-9-25(10-3-1)35-23-29-12-5-6-15-32(29)34-20-19-28(22-36(34)35)27-13-8-14-30(21-27)37-24-31-18-17-26-11-4-7-16-33(26)38(31)39-37/h1-24H. The van der Waals surface area contributed by atoms with E-state index in [1.54, 1.807) is 0 Å². The van der Waals surface area contributed by atoms with E-state index in [-0.39, 0.29) is 0 Å². The van der Waals surface area contributed by atoms with Crippen LogP contribution in [0.5, 0.6) is 0 Å². The molecule has 0 saturated carbocycles. The maximum absolute atomic E-state index is 2.38. The molecule has 0 saturated heterocycles. The molecule has 0 amide bonds. The Morgan fingerprint density at radius 1 is 0.333 bits per heavy atom. The lowest BCUT2D eigenvalue weighted by Crippen LogP contribution is -1.86. The predicted molar refractivity (Wildman–Crippen MR) is 171 cm³/mol. The Balaban J connectivity index is 1.30. The smallest absolute Gasteiger partial charge is 0.0427 e. The van der Waals surface area contributed by atoms with Gasteiger partial charge in [-0.05, 0) is 89.8 Å². The maximum atomic E-state index is 2.38. The minimum atomic E-state index is 1.24. The summed E-state index contributed by atoms with van der Waals surface area (Å²) in [7, 11) is 0. The molecule has 0 aliphatic carbocycles. The average Bonchev–Trinajstić information content (AvgIpc) is 3.46. The number of hydrogen-bond acceptors (Lipinski definition) is 1. The van der Waals surface area contributed by atoms with Gasteiger partial charge in [-0.3, -0.25) is 0 Å². The lowest BCUT2D eigenvalue weighted by atomic mass is 9.91. The minimum Gasteiger partial charge on any atom is -0.135 e. The molecule has 0 atom stereocenters. The molecule has 39 heavy (non-hydrogen) atoms. The van der Waals surface area contributed by atoms with Gasteiger partial charge < -0.3 is 0 Å². The molecule has 1 heterocycles. The fraction of sp³-hybridized carbons (Fsp3) is 0. The van der Waals surface area contributed by atoms with Gasteiger partial charge in [-0.2, -0.15) is 0 Å². The SMILES string of the molecule is c1ccc(-c2cc3ccccc3c3ccc(-c4cccc(-c5cc6ccc7ccccc7c6s5)c4)cc23)cc1. The van der Waals surface area contributed by atoms with Crippen LogP contribution in [-0.4, -0.2) is 0 Å². The van der Waals surface area contributed by atoms with Crippen LogP contribution in [0.1, 0.15) is 0 Å². The summed E-state index contributed by atoms with van der Waals surface area (Å²) in [4.78, 5) is 1.31. The Bertz CT molecular complexity index is 2170. The highest BCUT2D eigenvalue weighted by Crippen LogP contribution is 2.40. The molecule has 8 aromatic rings. The topological polar surface area (TPSA) is 0 Å². The van der Waals surface area contributed by atoms with Gasteiger partial charge in [0.05, 0.1) is 0 Å². The van der Waals surface area contributed by atoms with Crippen molar-refractivity contribution in [2.75, 3.05) is 0 Å². The van der Waals surface area contributed by atoms with Gasteiger partial charge in [0.15, 0.2) is 0 Å². The molecule has 0 nitrogen and oxygen atoms in total. The van der Waals surface area contributed by atoms with E-state index in [0.29, 0.717) is 0 Å². The Hall–Kier alpha value is -4.72. The van der Waals surface area contributed by atoms with Crippen LogP contribution in [0.25, 0.3) is 75.1 Å². The molecule has 1 aromatic heterocycles. The highest BCUT2D eigenvalue weighted by Gasteiger charge is 2.12. The molecular weight excluding hydrogens is 488 g/mol. The van der Waals surface area contributed by atoms with E-state index in [2.05, 4.69) is 146 Å². The van der Waals surface area contributed by atoms with Crippen molar-refractivity contribution in [3.63, 3.8) is 0 Å². The van der Waals surface area contributed by atoms with E-state index >= 15 is 0 Å². The summed E-state index contributed by atoms with van der Waals surface area (Å²) in [6, 6.07) is 53.3. The molecule has 0 unspecified atom stereocenters. The zero-order chi connectivity index (χ0) is 25.8. The molecule has 182 valence electrons. The van der Waals surface area contributed by atoms with Crippen LogP contribution in [0.3, 0.4) is 0 Å². The number of benzene rings is 7. The zero-order valence-corrected chi connectivity index (χ0v) is 22.1. The van der Waals surface area contributed by atoms with Crippen LogP contribution in [-0.2, 0) is 0 Å². The molecule has 0 bridgehead atoms. The summed E-state index contributed by atoms with van der Waals surface area (Å²) in [5.74, 6) is 0. The zero-order valence-electron chi connectivity index (χ0n) is 21.3. The van der Waals surface area contributed by atoms with Crippen molar-refractivity contribution in [2.24, 2.45) is 0 Å². The van der Waals surface area contributed by atoms with Crippen LogP contribution in [0, 0.1) is 0 Å². The summed E-state index contributed by atoms with van der Waals surface area (Å²) < 4.78 is 1.36. The van der Waals surface area contributed by atoms with Crippen LogP contribution in [0.15, 0.2) is 146 Å². The quantitative estimate of drug-likeness (QED) is 0.207. The van der Waals surface area contributed by atoms with Crippen molar-refractivity contribution in [1.29, 1.82) is 0 Å². The average molecular weight is 513 g/mol. The van der Waals surface area contributed by atoms with Gasteiger partial charge in [0.25, 0.3) is 0 Å². The molecule has 0 aliphatic heterocycles. The summed E-state index contributed by atoms with van der Waals surface area (Å²) in [5, 5.41) is 9.09. The van der Waals surface area contributed by atoms with Crippen LogP contribution in [0.4, 0.5) is 0 Å². The van der Waals surface area contributed by atoms with E-state index in [9.17, 15) is 0 Å². The minimum absolute atomic E-state index is 1.24. The van der Waals surface area contributed by atoms with Crippen molar-refractivity contribution in [1.82, 2.24) is 0 Å². The predicted octanol–water partition coefficient (Wildman–Crippen LogP) is 11.4. The second-order valence-corrected chi connectivity index (χ2v) is 11.2. The van der Waals surface area contributed by atoms with Gasteiger partial charge in [0, 0.05) is 9.58 Å². The summed E-state index contributed by atoms with van der Waals surface area (Å²) in [5.41, 5.74) is 6.27. The molecule has 0 spiro atoms. The van der Waals surface area contributed by atoms with Crippen molar-refractivity contribution < 1.29 is 0 Å². The Morgan fingerprint density at radius 3 is 1.92 bits per heavy atom. The third-order valence-electron chi connectivity index (χ3n) is 7.83. The highest BCUT2D eigenvalue weighted by atomic mass is 32.1. The molecule has 7 aromatic carbocycles. The highest BCUT2D eigenvalue weighted by molar-refractivity contribution is 7.23. The fourth-order valence-corrected chi connectivity index (χ4v) is 7.09. The summed E-state index contributed by atoms with van der Waals surface area (Å²) in [6.07, 6.45) is 0.